The normalized spacial score (nSPS) is 11.1. The molecule has 0 spiro atoms. The number of aromatic hydroxyl groups is 1. The number of phenolic OH excluding ortho intramolecular Hbond substituents is 1. The van der Waals surface area contributed by atoms with E-state index in [0.717, 1.165) is 13.2 Å². The topological polar surface area (TPSA) is 63.6 Å². The molecule has 7 heteroatoms. The van der Waals surface area contributed by atoms with Gasteiger partial charge in [-0.1, -0.05) is 0 Å². The van der Waals surface area contributed by atoms with Crippen LogP contribution in [0.5, 0.6) is 5.75 Å². The lowest BCUT2D eigenvalue weighted by Gasteiger charge is -2.11. The molecule has 0 unspecified atom stereocenters. The van der Waals surface area contributed by atoms with Gasteiger partial charge in [-0.05, 0) is 12.1 Å². The van der Waals surface area contributed by atoms with Crippen LogP contribution in [0.25, 0.3) is 0 Å². The first-order valence-corrected chi connectivity index (χ1v) is 4.29. The van der Waals surface area contributed by atoms with Gasteiger partial charge in [0.1, 0.15) is 5.75 Å². The van der Waals surface area contributed by atoms with Crippen LogP contribution in [0.3, 0.4) is 0 Å². The first kappa shape index (κ1) is 13.0. The molecule has 17 heavy (non-hydrogen) atoms. The molecular weight excluding hydrogens is 241 g/mol. The van der Waals surface area contributed by atoms with E-state index < -0.39 is 34.6 Å². The molecule has 0 saturated heterocycles. The molecule has 0 aliphatic heterocycles. The summed E-state index contributed by atoms with van der Waals surface area (Å²) >= 11 is 0. The maximum absolute atomic E-state index is 12.5. The number of halogens is 3. The van der Waals surface area contributed by atoms with Gasteiger partial charge in [0.15, 0.2) is 6.29 Å². The third-order valence-electron chi connectivity index (χ3n) is 1.99. The molecule has 0 amide bonds. The van der Waals surface area contributed by atoms with Crippen molar-refractivity contribution < 1.29 is 32.6 Å². The van der Waals surface area contributed by atoms with Gasteiger partial charge in [0.25, 0.3) is 0 Å². The summed E-state index contributed by atoms with van der Waals surface area (Å²) in [5, 5.41) is 9.20. The highest BCUT2D eigenvalue weighted by Gasteiger charge is 2.36. The highest BCUT2D eigenvalue weighted by molar-refractivity contribution is 5.93. The lowest BCUT2D eigenvalue weighted by molar-refractivity contribution is -0.138. The zero-order valence-corrected chi connectivity index (χ0v) is 8.54. The number of phenols is 1. The molecular formula is C10H7F3O4. The second-order valence-corrected chi connectivity index (χ2v) is 3.07. The van der Waals surface area contributed by atoms with Crippen LogP contribution in [-0.2, 0) is 10.9 Å². The van der Waals surface area contributed by atoms with Crippen molar-refractivity contribution in [2.45, 2.75) is 6.18 Å². The molecule has 0 bridgehead atoms. The van der Waals surface area contributed by atoms with Gasteiger partial charge in [-0.2, -0.15) is 13.2 Å². The highest BCUT2D eigenvalue weighted by Crippen LogP contribution is 2.38. The Morgan fingerprint density at radius 3 is 2.41 bits per heavy atom. The van der Waals surface area contributed by atoms with Crippen molar-refractivity contribution in [3.63, 3.8) is 0 Å². The molecule has 0 aromatic heterocycles. The number of hydrogen-bond donors (Lipinski definition) is 1. The Morgan fingerprint density at radius 2 is 2.00 bits per heavy atom. The van der Waals surface area contributed by atoms with Gasteiger partial charge in [0.2, 0.25) is 0 Å². The van der Waals surface area contributed by atoms with Crippen LogP contribution in [0.2, 0.25) is 0 Å². The number of alkyl halides is 3. The average Bonchev–Trinajstić information content (AvgIpc) is 2.26. The molecule has 1 rings (SSSR count). The number of esters is 1. The maximum atomic E-state index is 12.5. The monoisotopic (exact) mass is 248 g/mol. The van der Waals surface area contributed by atoms with Crippen molar-refractivity contribution in [2.75, 3.05) is 7.11 Å². The van der Waals surface area contributed by atoms with E-state index in [0.29, 0.717) is 6.07 Å². The second kappa shape index (κ2) is 4.44. The lowest BCUT2D eigenvalue weighted by atomic mass is 10.0. The third-order valence-corrected chi connectivity index (χ3v) is 1.99. The van der Waals surface area contributed by atoms with Crippen LogP contribution in [0.15, 0.2) is 12.1 Å². The zero-order chi connectivity index (χ0) is 13.2. The number of hydrogen-bond acceptors (Lipinski definition) is 4. The quantitative estimate of drug-likeness (QED) is 0.642. The van der Waals surface area contributed by atoms with E-state index in [1.165, 1.54) is 0 Å². The summed E-state index contributed by atoms with van der Waals surface area (Å²) in [7, 11) is 0.989. The van der Waals surface area contributed by atoms with Crippen LogP contribution < -0.4 is 0 Å². The van der Waals surface area contributed by atoms with E-state index in [1.807, 2.05) is 0 Å². The van der Waals surface area contributed by atoms with E-state index in [4.69, 9.17) is 0 Å². The van der Waals surface area contributed by atoms with Gasteiger partial charge < -0.3 is 9.84 Å². The third kappa shape index (κ3) is 2.55. The van der Waals surface area contributed by atoms with Crippen LogP contribution in [-0.4, -0.2) is 24.5 Å². The largest absolute Gasteiger partial charge is 0.507 e. The average molecular weight is 248 g/mol. The first-order chi connectivity index (χ1) is 7.81. The summed E-state index contributed by atoms with van der Waals surface area (Å²) in [6.45, 7) is 0. The van der Waals surface area contributed by atoms with Crippen molar-refractivity contribution in [1.29, 1.82) is 0 Å². The standard InChI is InChI=1S/C10H7F3O4/c1-17-9(16)5-2-6(4-14)8(15)7(3-5)10(11,12)13/h2-4,15H,1H3. The number of aldehydes is 1. The minimum atomic E-state index is -4.87. The molecule has 0 aliphatic rings. The number of methoxy groups -OCH3 is 1. The van der Waals surface area contributed by atoms with Gasteiger partial charge in [0, 0.05) is 0 Å². The summed E-state index contributed by atoms with van der Waals surface area (Å²) in [5.41, 5.74) is -2.54. The predicted octanol–water partition coefficient (Wildman–Crippen LogP) is 2.01. The van der Waals surface area contributed by atoms with Gasteiger partial charge in [0.05, 0.1) is 23.8 Å². The van der Waals surface area contributed by atoms with Crippen LogP contribution in [0.4, 0.5) is 13.2 Å². The maximum Gasteiger partial charge on any atom is 0.420 e. The smallest absolute Gasteiger partial charge is 0.420 e. The molecule has 1 aromatic carbocycles. The van der Waals surface area contributed by atoms with E-state index in [2.05, 4.69) is 4.74 Å². The van der Waals surface area contributed by atoms with Crippen LogP contribution in [0, 0.1) is 0 Å². The van der Waals surface area contributed by atoms with Crippen molar-refractivity contribution in [3.8, 4) is 5.75 Å². The van der Waals surface area contributed by atoms with Crippen LogP contribution >= 0.6 is 0 Å². The van der Waals surface area contributed by atoms with Crippen molar-refractivity contribution in [1.82, 2.24) is 0 Å². The number of rotatable bonds is 2. The highest BCUT2D eigenvalue weighted by atomic mass is 19.4. The fourth-order valence-electron chi connectivity index (χ4n) is 1.20. The summed E-state index contributed by atoms with van der Waals surface area (Å²) in [6.07, 6.45) is -4.84. The number of carbonyl (C=O) groups is 2. The van der Waals surface area contributed by atoms with Gasteiger partial charge >= 0.3 is 12.1 Å². The molecule has 1 aromatic rings. The Labute approximate surface area is 93.6 Å². The number of benzene rings is 1. The van der Waals surface area contributed by atoms with Crippen LogP contribution in [0.1, 0.15) is 26.3 Å². The van der Waals surface area contributed by atoms with E-state index in [-0.39, 0.29) is 6.29 Å². The zero-order valence-electron chi connectivity index (χ0n) is 8.54. The molecule has 92 valence electrons. The van der Waals surface area contributed by atoms with Gasteiger partial charge in [-0.25, -0.2) is 4.79 Å². The fraction of sp³-hybridized carbons (Fsp3) is 0.200. The summed E-state index contributed by atoms with van der Waals surface area (Å²) < 4.78 is 41.7. The Bertz CT molecular complexity index is 465. The minimum absolute atomic E-state index is 0.0248. The molecule has 0 heterocycles. The molecule has 0 aliphatic carbocycles. The van der Waals surface area contributed by atoms with Gasteiger partial charge in [-0.15, -0.1) is 0 Å². The molecule has 1 N–H and O–H groups in total. The van der Waals surface area contributed by atoms with Gasteiger partial charge in [-0.3, -0.25) is 4.79 Å². The summed E-state index contributed by atoms with van der Waals surface area (Å²) in [4.78, 5) is 21.6. The lowest BCUT2D eigenvalue weighted by Crippen LogP contribution is -2.10. The Balaban J connectivity index is 3.49. The SMILES string of the molecule is COC(=O)c1cc(C=O)c(O)c(C(F)(F)F)c1. The Hall–Kier alpha value is -2.05. The van der Waals surface area contributed by atoms with E-state index >= 15 is 0 Å². The van der Waals surface area contributed by atoms with Crippen molar-refractivity contribution in [3.05, 3.63) is 28.8 Å². The van der Waals surface area contributed by atoms with E-state index in [9.17, 15) is 27.9 Å². The Morgan fingerprint density at radius 1 is 1.41 bits per heavy atom. The second-order valence-electron chi connectivity index (χ2n) is 3.07. The van der Waals surface area contributed by atoms with Crippen molar-refractivity contribution in [2.24, 2.45) is 0 Å². The molecule has 4 nitrogen and oxygen atoms in total. The summed E-state index contributed by atoms with van der Waals surface area (Å²) in [5.74, 6) is -2.24. The molecule has 0 atom stereocenters. The fourth-order valence-corrected chi connectivity index (χ4v) is 1.20. The predicted molar refractivity (Wildman–Crippen MR) is 49.8 cm³/mol. The minimum Gasteiger partial charge on any atom is -0.507 e. The Kier molecular flexibility index (Phi) is 3.40. The number of carbonyl (C=O) groups excluding carboxylic acids is 2. The number of ether oxygens (including phenoxy) is 1. The van der Waals surface area contributed by atoms with E-state index in [1.54, 1.807) is 0 Å². The summed E-state index contributed by atoms with van der Waals surface area (Å²) in [6, 6.07) is 1.25. The molecule has 0 saturated carbocycles. The van der Waals surface area contributed by atoms with Crippen molar-refractivity contribution >= 4 is 12.3 Å². The molecule has 0 fully saturated rings. The first-order valence-electron chi connectivity index (χ1n) is 4.29. The molecule has 0 radical (unpaired) electrons.